The molecule has 0 amide bonds. The van der Waals surface area contributed by atoms with Gasteiger partial charge < -0.3 is 19.8 Å². The van der Waals surface area contributed by atoms with Crippen LogP contribution < -0.4 is 0 Å². The molecule has 0 fully saturated rings. The first-order valence-electron chi connectivity index (χ1n) is 5.41. The third kappa shape index (κ3) is 2.35. The smallest absolute Gasteiger partial charge is 0.0852 e. The van der Waals surface area contributed by atoms with E-state index < -0.39 is 0 Å². The van der Waals surface area contributed by atoms with Crippen LogP contribution in [0.5, 0.6) is 0 Å². The summed E-state index contributed by atoms with van der Waals surface area (Å²) in [6, 6.07) is 5.57. The molecule has 0 aromatic carbocycles. The van der Waals surface area contributed by atoms with Gasteiger partial charge in [0.1, 0.15) is 0 Å². The van der Waals surface area contributed by atoms with Crippen LogP contribution in [0.15, 0.2) is 30.6 Å². The van der Waals surface area contributed by atoms with Gasteiger partial charge in [0.05, 0.1) is 24.6 Å². The molecule has 3 N–H and O–H groups in total. The van der Waals surface area contributed by atoms with Crippen LogP contribution in [-0.4, -0.2) is 19.8 Å². The first kappa shape index (κ1) is 12.5. The summed E-state index contributed by atoms with van der Waals surface area (Å²) in [6.07, 6.45) is 3.62. The molecule has 4 heteroatoms. The molecule has 0 spiro atoms. The maximum atomic E-state index is 9.08. The molecule has 2 aromatic heterocycles. The lowest BCUT2D eigenvalue weighted by Crippen LogP contribution is -2.00. The molecule has 0 saturated carbocycles. The van der Waals surface area contributed by atoms with Crippen LogP contribution in [0.2, 0.25) is 0 Å². The minimum atomic E-state index is -0.0363. The van der Waals surface area contributed by atoms with Crippen LogP contribution in [0.3, 0.4) is 0 Å². The number of aromatic nitrogens is 2. The Balaban J connectivity index is 0.000000606. The average molecular weight is 222 g/mol. The summed E-state index contributed by atoms with van der Waals surface area (Å²) in [5, 5.41) is 18.1. The van der Waals surface area contributed by atoms with E-state index in [0.29, 0.717) is 0 Å². The summed E-state index contributed by atoms with van der Waals surface area (Å²) in [4.78, 5) is 2.94. The van der Waals surface area contributed by atoms with Gasteiger partial charge in [0, 0.05) is 18.1 Å². The molecule has 0 atom stereocenters. The van der Waals surface area contributed by atoms with Crippen molar-refractivity contribution < 1.29 is 10.2 Å². The van der Waals surface area contributed by atoms with Gasteiger partial charge in [0.15, 0.2) is 0 Å². The summed E-state index contributed by atoms with van der Waals surface area (Å²) in [7, 11) is 0. The fourth-order valence-electron chi connectivity index (χ4n) is 1.53. The molecule has 2 aromatic rings. The van der Waals surface area contributed by atoms with E-state index in [1.165, 1.54) is 0 Å². The molecule has 0 radical (unpaired) electrons. The van der Waals surface area contributed by atoms with E-state index in [9.17, 15) is 0 Å². The van der Waals surface area contributed by atoms with E-state index in [-0.39, 0.29) is 13.2 Å². The highest BCUT2D eigenvalue weighted by Crippen LogP contribution is 2.16. The molecule has 0 aliphatic heterocycles. The number of H-pyrrole nitrogens is 1. The predicted octanol–water partition coefficient (Wildman–Crippen LogP) is 1.82. The van der Waals surface area contributed by atoms with Gasteiger partial charge in [0.25, 0.3) is 0 Å². The molecule has 0 aliphatic carbocycles. The van der Waals surface area contributed by atoms with E-state index in [0.717, 1.165) is 17.1 Å². The van der Waals surface area contributed by atoms with E-state index in [1.807, 2.05) is 42.8 Å². The summed E-state index contributed by atoms with van der Waals surface area (Å²) in [6.45, 7) is 3.95. The Morgan fingerprint density at radius 1 is 1.19 bits per heavy atom. The third-order valence-corrected chi connectivity index (χ3v) is 2.22. The molecule has 2 rings (SSSR count). The number of rotatable bonds is 3. The zero-order valence-electron chi connectivity index (χ0n) is 9.64. The highest BCUT2D eigenvalue weighted by molar-refractivity contribution is 5.39. The molecular formula is C12H18N2O2. The third-order valence-electron chi connectivity index (χ3n) is 2.22. The van der Waals surface area contributed by atoms with Crippen molar-refractivity contribution in [3.05, 3.63) is 42.0 Å². The van der Waals surface area contributed by atoms with Crippen LogP contribution in [0.25, 0.3) is 5.69 Å². The van der Waals surface area contributed by atoms with Crippen LogP contribution in [0.1, 0.15) is 25.2 Å². The molecule has 2 heterocycles. The number of nitrogens with zero attached hydrogens (tertiary/aromatic N) is 1. The van der Waals surface area contributed by atoms with E-state index in [1.54, 1.807) is 6.20 Å². The largest absolute Gasteiger partial charge is 0.390 e. The van der Waals surface area contributed by atoms with Crippen molar-refractivity contribution in [3.8, 4) is 5.69 Å². The maximum Gasteiger partial charge on any atom is 0.0852 e. The van der Waals surface area contributed by atoms with Crippen molar-refractivity contribution in [1.29, 1.82) is 0 Å². The normalized spacial score (nSPS) is 9.75. The van der Waals surface area contributed by atoms with Gasteiger partial charge in [0.2, 0.25) is 0 Å². The Labute approximate surface area is 95.2 Å². The van der Waals surface area contributed by atoms with E-state index in [2.05, 4.69) is 4.98 Å². The van der Waals surface area contributed by atoms with Crippen LogP contribution in [0, 0.1) is 0 Å². The Kier molecular flexibility index (Phi) is 4.82. The summed E-state index contributed by atoms with van der Waals surface area (Å²) >= 11 is 0. The number of aliphatic hydroxyl groups is 2. The van der Waals surface area contributed by atoms with Gasteiger partial charge in [-0.05, 0) is 18.2 Å². The van der Waals surface area contributed by atoms with Gasteiger partial charge in [-0.2, -0.15) is 0 Å². The first-order chi connectivity index (χ1) is 7.86. The minimum absolute atomic E-state index is 0.0109. The molecule has 0 bridgehead atoms. The van der Waals surface area contributed by atoms with Gasteiger partial charge in [-0.3, -0.25) is 0 Å². The van der Waals surface area contributed by atoms with Crippen molar-refractivity contribution in [2.75, 3.05) is 0 Å². The van der Waals surface area contributed by atoms with Crippen molar-refractivity contribution in [3.63, 3.8) is 0 Å². The van der Waals surface area contributed by atoms with Gasteiger partial charge in [-0.25, -0.2) is 0 Å². The molecule has 4 nitrogen and oxygen atoms in total. The summed E-state index contributed by atoms with van der Waals surface area (Å²) in [5.41, 5.74) is 2.43. The number of hydrogen-bond acceptors (Lipinski definition) is 2. The van der Waals surface area contributed by atoms with E-state index >= 15 is 0 Å². The van der Waals surface area contributed by atoms with Crippen LogP contribution in [-0.2, 0) is 13.2 Å². The summed E-state index contributed by atoms with van der Waals surface area (Å²) in [5.74, 6) is 0. The Morgan fingerprint density at radius 3 is 2.56 bits per heavy atom. The van der Waals surface area contributed by atoms with Gasteiger partial charge in [-0.1, -0.05) is 13.8 Å². The Hall–Kier alpha value is -1.52. The molecule has 0 unspecified atom stereocenters. The highest BCUT2D eigenvalue weighted by Gasteiger charge is 2.07. The average Bonchev–Trinajstić information content (AvgIpc) is 2.98. The van der Waals surface area contributed by atoms with Crippen molar-refractivity contribution in [2.24, 2.45) is 0 Å². The maximum absolute atomic E-state index is 9.08. The standard InChI is InChI=1S/C10H12N2O2.C2H6/c13-6-8-2-1-5-12(8)10-3-4-11-9(10)7-14;1-2/h1-5,11,13-14H,6-7H2;1-2H3. The number of nitrogens with one attached hydrogen (secondary N) is 1. The molecular weight excluding hydrogens is 204 g/mol. The van der Waals surface area contributed by atoms with Gasteiger partial charge in [-0.15, -0.1) is 0 Å². The number of aliphatic hydroxyl groups excluding tert-OH is 2. The lowest BCUT2D eigenvalue weighted by molar-refractivity contribution is 0.271. The SMILES string of the molecule is CC.OCc1[nH]ccc1-n1cccc1CO. The zero-order chi connectivity index (χ0) is 12.0. The Morgan fingerprint density at radius 2 is 1.94 bits per heavy atom. The van der Waals surface area contributed by atoms with Crippen LogP contribution >= 0.6 is 0 Å². The lowest BCUT2D eigenvalue weighted by Gasteiger charge is -2.06. The van der Waals surface area contributed by atoms with Crippen molar-refractivity contribution in [1.82, 2.24) is 9.55 Å². The zero-order valence-corrected chi connectivity index (χ0v) is 9.64. The minimum Gasteiger partial charge on any atom is -0.390 e. The second-order valence-electron chi connectivity index (χ2n) is 3.03. The second-order valence-corrected chi connectivity index (χ2v) is 3.03. The molecule has 0 saturated heterocycles. The van der Waals surface area contributed by atoms with E-state index in [4.69, 9.17) is 10.2 Å². The fourth-order valence-corrected chi connectivity index (χ4v) is 1.53. The Bertz CT molecular complexity index is 378. The highest BCUT2D eigenvalue weighted by atomic mass is 16.3. The first-order valence-corrected chi connectivity index (χ1v) is 5.41. The molecule has 16 heavy (non-hydrogen) atoms. The van der Waals surface area contributed by atoms with Crippen LogP contribution in [0.4, 0.5) is 0 Å². The monoisotopic (exact) mass is 222 g/mol. The second kappa shape index (κ2) is 6.15. The quantitative estimate of drug-likeness (QED) is 0.741. The number of aromatic amines is 1. The van der Waals surface area contributed by atoms with Crippen molar-refractivity contribution >= 4 is 0 Å². The molecule has 88 valence electrons. The molecule has 0 aliphatic rings. The lowest BCUT2D eigenvalue weighted by atomic mass is 10.3. The summed E-state index contributed by atoms with van der Waals surface area (Å²) < 4.78 is 1.85. The predicted molar refractivity (Wildman–Crippen MR) is 63.3 cm³/mol. The van der Waals surface area contributed by atoms with Gasteiger partial charge >= 0.3 is 0 Å². The topological polar surface area (TPSA) is 61.2 Å². The fraction of sp³-hybridized carbons (Fsp3) is 0.333. The number of hydrogen-bond donors (Lipinski definition) is 3. The van der Waals surface area contributed by atoms with Crippen molar-refractivity contribution in [2.45, 2.75) is 27.1 Å².